The molecule has 0 aliphatic heterocycles. The van der Waals surface area contributed by atoms with Crippen molar-refractivity contribution in [2.24, 2.45) is 0 Å². The number of methoxy groups -OCH3 is 1. The molecule has 0 radical (unpaired) electrons. The van der Waals surface area contributed by atoms with Crippen LogP contribution in [0.1, 0.15) is 30.6 Å². The number of carbonyl (C=O) groups excluding carboxylic acids is 1. The molecule has 1 heterocycles. The largest absolute Gasteiger partial charge is 0.462 e. The van der Waals surface area contributed by atoms with Crippen molar-refractivity contribution < 1.29 is 14.3 Å². The van der Waals surface area contributed by atoms with Crippen LogP contribution in [0.25, 0.3) is 0 Å². The lowest BCUT2D eigenvalue weighted by molar-refractivity contribution is -0.00564. The third-order valence-corrected chi connectivity index (χ3v) is 2.89. The average molecular weight is 293 g/mol. The van der Waals surface area contributed by atoms with E-state index in [1.54, 1.807) is 7.11 Å². The number of nitrogens with zero attached hydrogens (tertiary/aromatic N) is 2. The van der Waals surface area contributed by atoms with Crippen molar-refractivity contribution in [1.82, 2.24) is 10.2 Å². The van der Waals surface area contributed by atoms with Gasteiger partial charge in [0.15, 0.2) is 10.3 Å². The zero-order valence-electron chi connectivity index (χ0n) is 10.4. The zero-order valence-corrected chi connectivity index (χ0v) is 11.9. The minimum atomic E-state index is -0.580. The summed E-state index contributed by atoms with van der Waals surface area (Å²) in [6.07, 6.45) is 0.569. The van der Waals surface area contributed by atoms with Gasteiger partial charge < -0.3 is 9.47 Å². The number of hydrogen-bond acceptors (Lipinski definition) is 5. The van der Waals surface area contributed by atoms with Crippen LogP contribution in [0.2, 0.25) is 10.3 Å². The first-order valence-corrected chi connectivity index (χ1v) is 6.02. The first kappa shape index (κ1) is 15.1. The molecule has 0 atom stereocenters. The second-order valence-corrected chi connectivity index (χ2v) is 4.97. The van der Waals surface area contributed by atoms with E-state index in [0.717, 1.165) is 0 Å². The van der Waals surface area contributed by atoms with Gasteiger partial charge in [-0.05, 0) is 19.9 Å². The fourth-order valence-corrected chi connectivity index (χ4v) is 1.38. The molecule has 0 N–H and O–H groups in total. The highest BCUT2D eigenvalue weighted by Gasteiger charge is 2.19. The van der Waals surface area contributed by atoms with E-state index in [9.17, 15) is 4.79 Å². The van der Waals surface area contributed by atoms with Crippen molar-refractivity contribution in [3.8, 4) is 0 Å². The Morgan fingerprint density at radius 3 is 2.67 bits per heavy atom. The number of aromatic nitrogens is 2. The van der Waals surface area contributed by atoms with Gasteiger partial charge in [-0.2, -0.15) is 0 Å². The van der Waals surface area contributed by atoms with E-state index < -0.39 is 5.97 Å². The molecule has 18 heavy (non-hydrogen) atoms. The molecule has 1 aromatic heterocycles. The minimum absolute atomic E-state index is 0.0320. The minimum Gasteiger partial charge on any atom is -0.462 e. The molecule has 0 aliphatic carbocycles. The first-order valence-electron chi connectivity index (χ1n) is 5.27. The van der Waals surface area contributed by atoms with Crippen LogP contribution < -0.4 is 0 Å². The van der Waals surface area contributed by atoms with Crippen molar-refractivity contribution >= 4 is 29.2 Å². The molecule has 0 bridgehead atoms. The second kappa shape index (κ2) is 6.31. The van der Waals surface area contributed by atoms with Crippen LogP contribution >= 0.6 is 23.2 Å². The van der Waals surface area contributed by atoms with Gasteiger partial charge >= 0.3 is 5.97 Å². The fourth-order valence-electron chi connectivity index (χ4n) is 1.07. The second-order valence-electron chi connectivity index (χ2n) is 4.22. The summed E-state index contributed by atoms with van der Waals surface area (Å²) in [5.41, 5.74) is -0.245. The smallest absolute Gasteiger partial charge is 0.341 e. The number of hydrogen-bond donors (Lipinski definition) is 0. The summed E-state index contributed by atoms with van der Waals surface area (Å²) in [6, 6.07) is 1.32. The Bertz CT molecular complexity index is 438. The summed E-state index contributed by atoms with van der Waals surface area (Å²) < 4.78 is 10.3. The van der Waals surface area contributed by atoms with E-state index in [4.69, 9.17) is 32.7 Å². The van der Waals surface area contributed by atoms with Crippen molar-refractivity contribution in [2.45, 2.75) is 25.9 Å². The Morgan fingerprint density at radius 1 is 1.39 bits per heavy atom. The van der Waals surface area contributed by atoms with Gasteiger partial charge in [-0.3, -0.25) is 0 Å². The lowest BCUT2D eigenvalue weighted by Crippen LogP contribution is -2.25. The molecular weight excluding hydrogens is 279 g/mol. The summed E-state index contributed by atoms with van der Waals surface area (Å²) in [6.45, 7) is 4.02. The third-order valence-electron chi connectivity index (χ3n) is 2.43. The zero-order chi connectivity index (χ0) is 13.8. The molecule has 0 aromatic carbocycles. The molecule has 0 fully saturated rings. The molecule has 5 nitrogen and oxygen atoms in total. The van der Waals surface area contributed by atoms with Crippen LogP contribution in [0.15, 0.2) is 6.07 Å². The Labute approximate surface area is 115 Å². The van der Waals surface area contributed by atoms with E-state index in [1.165, 1.54) is 6.07 Å². The molecule has 0 saturated carbocycles. The van der Waals surface area contributed by atoms with E-state index in [0.29, 0.717) is 6.42 Å². The van der Waals surface area contributed by atoms with Gasteiger partial charge in [0.2, 0.25) is 0 Å². The van der Waals surface area contributed by atoms with Crippen molar-refractivity contribution in [1.29, 1.82) is 0 Å². The van der Waals surface area contributed by atoms with Gasteiger partial charge in [-0.15, -0.1) is 10.2 Å². The normalized spacial score (nSPS) is 11.4. The highest BCUT2D eigenvalue weighted by atomic mass is 35.5. The maximum Gasteiger partial charge on any atom is 0.341 e. The number of ether oxygens (including phenoxy) is 2. The Balaban J connectivity index is 2.58. The quantitative estimate of drug-likeness (QED) is 0.781. The van der Waals surface area contributed by atoms with Crippen molar-refractivity contribution in [2.75, 3.05) is 13.7 Å². The van der Waals surface area contributed by atoms with Crippen molar-refractivity contribution in [3.05, 3.63) is 21.9 Å². The number of esters is 1. The molecule has 0 spiro atoms. The van der Waals surface area contributed by atoms with Crippen LogP contribution in [0.3, 0.4) is 0 Å². The molecule has 1 rings (SSSR count). The van der Waals surface area contributed by atoms with Gasteiger partial charge in [0.1, 0.15) is 5.56 Å². The maximum absolute atomic E-state index is 11.7. The summed E-state index contributed by atoms with van der Waals surface area (Å²) in [7, 11) is 1.60. The molecule has 0 saturated heterocycles. The molecule has 1 aromatic rings. The van der Waals surface area contributed by atoms with Crippen LogP contribution in [0, 0.1) is 0 Å². The molecule has 100 valence electrons. The van der Waals surface area contributed by atoms with Gasteiger partial charge in [-0.25, -0.2) is 4.79 Å². The van der Waals surface area contributed by atoms with E-state index in [-0.39, 0.29) is 28.1 Å². The van der Waals surface area contributed by atoms with Gasteiger partial charge in [0.25, 0.3) is 0 Å². The van der Waals surface area contributed by atoms with Crippen LogP contribution in [-0.2, 0) is 9.47 Å². The Morgan fingerprint density at radius 2 is 2.06 bits per heavy atom. The molecule has 0 amide bonds. The highest BCUT2D eigenvalue weighted by molar-refractivity contribution is 6.33. The SMILES string of the molecule is COC(C)(C)CCOC(=O)c1cc(Cl)nnc1Cl. The van der Waals surface area contributed by atoms with Crippen LogP contribution in [0.4, 0.5) is 0 Å². The summed E-state index contributed by atoms with van der Waals surface area (Å²) in [4.78, 5) is 11.7. The number of rotatable bonds is 5. The predicted molar refractivity (Wildman–Crippen MR) is 68.0 cm³/mol. The molecule has 7 heteroatoms. The molecular formula is C11H14Cl2N2O3. The Hall–Kier alpha value is -0.910. The maximum atomic E-state index is 11.7. The fraction of sp³-hybridized carbons (Fsp3) is 0.545. The Kier molecular flexibility index (Phi) is 5.31. The number of carbonyl (C=O) groups is 1. The van der Waals surface area contributed by atoms with E-state index in [1.807, 2.05) is 13.8 Å². The molecule has 0 unspecified atom stereocenters. The standard InChI is InChI=1S/C11H14Cl2N2O3/c1-11(2,17-3)4-5-18-10(16)7-6-8(12)14-15-9(7)13/h6H,4-5H2,1-3H3. The first-order chi connectivity index (χ1) is 8.35. The summed E-state index contributed by atoms with van der Waals surface area (Å²) >= 11 is 11.4. The third kappa shape index (κ3) is 4.40. The van der Waals surface area contributed by atoms with Crippen LogP contribution in [0.5, 0.6) is 0 Å². The summed E-state index contributed by atoms with van der Waals surface area (Å²) in [5.74, 6) is -0.580. The lowest BCUT2D eigenvalue weighted by atomic mass is 10.1. The van der Waals surface area contributed by atoms with Gasteiger partial charge in [0, 0.05) is 13.5 Å². The van der Waals surface area contributed by atoms with E-state index >= 15 is 0 Å². The number of halogens is 2. The average Bonchev–Trinajstić information content (AvgIpc) is 2.32. The topological polar surface area (TPSA) is 61.3 Å². The van der Waals surface area contributed by atoms with Crippen LogP contribution in [-0.4, -0.2) is 35.5 Å². The summed E-state index contributed by atoms with van der Waals surface area (Å²) in [5, 5.41) is 7.10. The highest BCUT2D eigenvalue weighted by Crippen LogP contribution is 2.17. The van der Waals surface area contributed by atoms with Gasteiger partial charge in [-0.1, -0.05) is 23.2 Å². The molecule has 0 aliphatic rings. The van der Waals surface area contributed by atoms with Gasteiger partial charge in [0.05, 0.1) is 12.2 Å². The monoisotopic (exact) mass is 292 g/mol. The predicted octanol–water partition coefficient (Wildman–Crippen LogP) is 2.76. The van der Waals surface area contributed by atoms with E-state index in [2.05, 4.69) is 10.2 Å². The lowest BCUT2D eigenvalue weighted by Gasteiger charge is -2.22. The van der Waals surface area contributed by atoms with Crippen molar-refractivity contribution in [3.63, 3.8) is 0 Å².